The average molecular weight is 427 g/mol. The Kier molecular flexibility index (Phi) is 7.87. The lowest BCUT2D eigenvalue weighted by Crippen LogP contribution is -2.40. The Morgan fingerprint density at radius 1 is 0.742 bits per heavy atom. The summed E-state index contributed by atoms with van der Waals surface area (Å²) in [7, 11) is 0. The highest BCUT2D eigenvalue weighted by Crippen LogP contribution is 2.28. The number of hydrogen-bond donors (Lipinski definition) is 0. The first-order valence-electron chi connectivity index (χ1n) is 12.5. The highest BCUT2D eigenvalue weighted by molar-refractivity contribution is 5.94. The summed E-state index contributed by atoms with van der Waals surface area (Å²) in [6.45, 7) is 4.16. The second-order valence-corrected chi connectivity index (χ2v) is 9.72. The average Bonchev–Trinajstić information content (AvgIpc) is 2.84. The largest absolute Gasteiger partial charge is 0.493 e. The summed E-state index contributed by atoms with van der Waals surface area (Å²) in [4.78, 5) is 29.2. The molecule has 2 saturated heterocycles. The van der Waals surface area contributed by atoms with Gasteiger partial charge >= 0.3 is 0 Å². The van der Waals surface area contributed by atoms with Crippen molar-refractivity contribution in [1.29, 1.82) is 0 Å². The lowest BCUT2D eigenvalue weighted by molar-refractivity contribution is -0.134. The van der Waals surface area contributed by atoms with Gasteiger partial charge in [-0.25, -0.2) is 0 Å². The van der Waals surface area contributed by atoms with E-state index in [1.54, 1.807) is 0 Å². The van der Waals surface area contributed by atoms with Gasteiger partial charge in [-0.2, -0.15) is 0 Å². The van der Waals surface area contributed by atoms with E-state index >= 15 is 0 Å². The molecule has 1 saturated carbocycles. The molecule has 2 heterocycles. The van der Waals surface area contributed by atoms with Gasteiger partial charge in [-0.15, -0.1) is 0 Å². The molecule has 1 aromatic rings. The second-order valence-electron chi connectivity index (χ2n) is 9.72. The molecule has 2 amide bonds. The quantitative estimate of drug-likeness (QED) is 0.650. The van der Waals surface area contributed by atoms with Crippen molar-refractivity contribution in [2.24, 2.45) is 11.8 Å². The van der Waals surface area contributed by atoms with Gasteiger partial charge in [0.1, 0.15) is 5.75 Å². The van der Waals surface area contributed by atoms with Crippen LogP contribution >= 0.6 is 0 Å². The standard InChI is InChI=1S/C26H38N2O3/c29-25(19-21-7-3-1-4-8-21)27-17-13-22(14-18-27)20-31-24-11-9-23(10-12-24)26(30)28-15-5-2-6-16-28/h9-12,21-22H,1-8,13-20H2. The van der Waals surface area contributed by atoms with Gasteiger partial charge in [0.2, 0.25) is 5.91 Å². The molecule has 5 nitrogen and oxygen atoms in total. The first kappa shape index (κ1) is 22.2. The molecule has 0 atom stereocenters. The highest BCUT2D eigenvalue weighted by Gasteiger charge is 2.26. The van der Waals surface area contributed by atoms with Crippen molar-refractivity contribution in [3.05, 3.63) is 29.8 Å². The number of ether oxygens (including phenoxy) is 1. The van der Waals surface area contributed by atoms with Crippen LogP contribution in [0.25, 0.3) is 0 Å². The third kappa shape index (κ3) is 6.24. The van der Waals surface area contributed by atoms with Crippen LogP contribution in [0, 0.1) is 11.8 Å². The molecule has 0 N–H and O–H groups in total. The van der Waals surface area contributed by atoms with Crippen LogP contribution in [-0.2, 0) is 4.79 Å². The van der Waals surface area contributed by atoms with Crippen LogP contribution in [0.1, 0.15) is 81.0 Å². The number of nitrogens with zero attached hydrogens (tertiary/aromatic N) is 2. The smallest absolute Gasteiger partial charge is 0.253 e. The summed E-state index contributed by atoms with van der Waals surface area (Å²) in [5.74, 6) is 2.43. The maximum absolute atomic E-state index is 12.6. The monoisotopic (exact) mass is 426 g/mol. The summed E-state index contributed by atoms with van der Waals surface area (Å²) in [6.07, 6.45) is 12.6. The van der Waals surface area contributed by atoms with Crippen molar-refractivity contribution < 1.29 is 14.3 Å². The van der Waals surface area contributed by atoms with E-state index in [1.807, 2.05) is 29.2 Å². The van der Waals surface area contributed by atoms with Gasteiger partial charge in [0.25, 0.3) is 5.91 Å². The molecule has 0 unspecified atom stereocenters. The van der Waals surface area contributed by atoms with Crippen LogP contribution < -0.4 is 4.74 Å². The maximum atomic E-state index is 12.6. The van der Waals surface area contributed by atoms with E-state index in [2.05, 4.69) is 4.90 Å². The van der Waals surface area contributed by atoms with Crippen LogP contribution in [0.3, 0.4) is 0 Å². The second kappa shape index (κ2) is 11.0. The van der Waals surface area contributed by atoms with Crippen LogP contribution in [0.5, 0.6) is 5.75 Å². The number of likely N-dealkylation sites (tertiary alicyclic amines) is 2. The minimum absolute atomic E-state index is 0.136. The predicted octanol–water partition coefficient (Wildman–Crippen LogP) is 4.90. The molecule has 4 rings (SSSR count). The molecule has 3 aliphatic rings. The Labute approximate surface area is 187 Å². The molecule has 5 heteroatoms. The molecule has 1 aromatic carbocycles. The molecule has 170 valence electrons. The first-order chi connectivity index (χ1) is 15.2. The van der Waals surface area contributed by atoms with E-state index in [0.717, 1.165) is 69.6 Å². The van der Waals surface area contributed by atoms with E-state index in [4.69, 9.17) is 4.74 Å². The molecule has 3 fully saturated rings. The Hall–Kier alpha value is -2.04. The number of benzene rings is 1. The zero-order valence-electron chi connectivity index (χ0n) is 18.9. The summed E-state index contributed by atoms with van der Waals surface area (Å²) in [5, 5.41) is 0. The highest BCUT2D eigenvalue weighted by atomic mass is 16.5. The fraction of sp³-hybridized carbons (Fsp3) is 0.692. The van der Waals surface area contributed by atoms with Crippen molar-refractivity contribution in [1.82, 2.24) is 9.80 Å². The lowest BCUT2D eigenvalue weighted by atomic mass is 9.86. The van der Waals surface area contributed by atoms with E-state index in [-0.39, 0.29) is 5.91 Å². The lowest BCUT2D eigenvalue weighted by Gasteiger charge is -2.33. The van der Waals surface area contributed by atoms with E-state index < -0.39 is 0 Å². The number of rotatable bonds is 6. The van der Waals surface area contributed by atoms with Gasteiger partial charge in [0.15, 0.2) is 0 Å². The summed E-state index contributed by atoms with van der Waals surface area (Å²) >= 11 is 0. The van der Waals surface area contributed by atoms with Gasteiger partial charge in [-0.05, 0) is 81.0 Å². The van der Waals surface area contributed by atoms with Crippen molar-refractivity contribution in [3.8, 4) is 5.75 Å². The van der Waals surface area contributed by atoms with Crippen molar-refractivity contribution in [2.75, 3.05) is 32.8 Å². The number of carbonyl (C=O) groups is 2. The SMILES string of the molecule is O=C(CC1CCCCC1)N1CCC(COc2ccc(C(=O)N3CCCCC3)cc2)CC1. The molecular weight excluding hydrogens is 388 g/mol. The van der Waals surface area contributed by atoms with E-state index in [1.165, 1.54) is 38.5 Å². The van der Waals surface area contributed by atoms with Crippen molar-refractivity contribution in [3.63, 3.8) is 0 Å². The zero-order chi connectivity index (χ0) is 21.5. The third-order valence-corrected chi connectivity index (χ3v) is 7.39. The molecule has 0 spiro atoms. The molecule has 0 bridgehead atoms. The Morgan fingerprint density at radius 3 is 2.06 bits per heavy atom. The Morgan fingerprint density at radius 2 is 1.39 bits per heavy atom. The Balaban J connectivity index is 1.17. The van der Waals surface area contributed by atoms with Gasteiger partial charge < -0.3 is 14.5 Å². The summed E-state index contributed by atoms with van der Waals surface area (Å²) < 4.78 is 6.01. The van der Waals surface area contributed by atoms with E-state index in [0.29, 0.717) is 24.3 Å². The molecule has 0 aromatic heterocycles. The van der Waals surface area contributed by atoms with Gasteiger partial charge in [-0.3, -0.25) is 9.59 Å². The number of hydrogen-bond acceptors (Lipinski definition) is 3. The van der Waals surface area contributed by atoms with Crippen LogP contribution in [-0.4, -0.2) is 54.4 Å². The minimum atomic E-state index is 0.136. The Bertz CT molecular complexity index is 713. The van der Waals surface area contributed by atoms with Crippen molar-refractivity contribution in [2.45, 2.75) is 70.6 Å². The molecular formula is C26H38N2O3. The van der Waals surface area contributed by atoms with Crippen molar-refractivity contribution >= 4 is 11.8 Å². The topological polar surface area (TPSA) is 49.9 Å². The molecule has 1 aliphatic carbocycles. The summed E-state index contributed by atoms with van der Waals surface area (Å²) in [5.41, 5.74) is 0.749. The number of amides is 2. The predicted molar refractivity (Wildman–Crippen MR) is 122 cm³/mol. The normalized spacial score (nSPS) is 21.2. The van der Waals surface area contributed by atoms with Gasteiger partial charge in [0.05, 0.1) is 6.61 Å². The maximum Gasteiger partial charge on any atom is 0.253 e. The van der Waals surface area contributed by atoms with Gasteiger partial charge in [0, 0.05) is 38.2 Å². The third-order valence-electron chi connectivity index (χ3n) is 7.39. The number of carbonyl (C=O) groups excluding carboxylic acids is 2. The van der Waals surface area contributed by atoms with E-state index in [9.17, 15) is 9.59 Å². The zero-order valence-corrected chi connectivity index (χ0v) is 18.9. The van der Waals surface area contributed by atoms with Crippen LogP contribution in [0.2, 0.25) is 0 Å². The molecule has 2 aliphatic heterocycles. The van der Waals surface area contributed by atoms with Gasteiger partial charge in [-0.1, -0.05) is 19.3 Å². The molecule has 0 radical (unpaired) electrons. The van der Waals surface area contributed by atoms with Crippen LogP contribution in [0.4, 0.5) is 0 Å². The summed E-state index contributed by atoms with van der Waals surface area (Å²) in [6, 6.07) is 7.61. The minimum Gasteiger partial charge on any atom is -0.493 e. The fourth-order valence-electron chi connectivity index (χ4n) is 5.30. The first-order valence-corrected chi connectivity index (χ1v) is 12.5. The fourth-order valence-corrected chi connectivity index (χ4v) is 5.30. The van der Waals surface area contributed by atoms with Crippen LogP contribution in [0.15, 0.2) is 24.3 Å². The molecule has 31 heavy (non-hydrogen) atoms. The number of piperidine rings is 2.